The van der Waals surface area contributed by atoms with Crippen molar-refractivity contribution < 1.29 is 14.5 Å². The van der Waals surface area contributed by atoms with Gasteiger partial charge in [-0.25, -0.2) is 9.69 Å². The molecule has 7 heteroatoms. The lowest BCUT2D eigenvalue weighted by atomic mass is 10.2. The molecule has 0 radical (unpaired) electrons. The molecular weight excluding hydrogens is 250 g/mol. The number of hydrogen-bond acceptors (Lipinski definition) is 4. The fraction of sp³-hybridized carbons (Fsp3) is 0.333. The van der Waals surface area contributed by atoms with E-state index < -0.39 is 17.0 Å². The quantitative estimate of drug-likeness (QED) is 0.506. The van der Waals surface area contributed by atoms with Crippen molar-refractivity contribution in [3.8, 4) is 0 Å². The lowest BCUT2D eigenvalue weighted by Gasteiger charge is -2.12. The molecule has 0 bridgehead atoms. The van der Waals surface area contributed by atoms with Crippen LogP contribution < -0.4 is 10.2 Å². The van der Waals surface area contributed by atoms with Gasteiger partial charge in [-0.1, -0.05) is 6.07 Å². The van der Waals surface area contributed by atoms with Crippen molar-refractivity contribution in [1.82, 2.24) is 5.32 Å². The number of non-ortho nitro benzene ring substituents is 1. The van der Waals surface area contributed by atoms with Crippen LogP contribution in [0.3, 0.4) is 0 Å². The Labute approximate surface area is 108 Å². The molecule has 1 saturated carbocycles. The number of benzene rings is 1. The molecule has 1 aromatic rings. The topological polar surface area (TPSA) is 92.6 Å². The van der Waals surface area contributed by atoms with E-state index in [1.807, 2.05) is 0 Å². The molecular formula is C12H11N3O4. The van der Waals surface area contributed by atoms with Crippen LogP contribution in [0.25, 0.3) is 0 Å². The number of nitrogens with zero attached hydrogens (tertiary/aromatic N) is 2. The Morgan fingerprint density at radius 2 is 2.05 bits per heavy atom. The van der Waals surface area contributed by atoms with Crippen LogP contribution in [-0.4, -0.2) is 22.9 Å². The van der Waals surface area contributed by atoms with Crippen molar-refractivity contribution in [2.24, 2.45) is 5.92 Å². The highest BCUT2D eigenvalue weighted by molar-refractivity contribution is 6.21. The second-order valence-electron chi connectivity index (χ2n) is 4.72. The first-order valence-electron chi connectivity index (χ1n) is 5.97. The molecule has 1 aliphatic carbocycles. The summed E-state index contributed by atoms with van der Waals surface area (Å²) in [5, 5.41) is 13.3. The fourth-order valence-electron chi connectivity index (χ4n) is 2.24. The predicted octanol–water partition coefficient (Wildman–Crippen LogP) is 1.43. The molecule has 1 aromatic carbocycles. The number of nitro benzene ring substituents is 1. The summed E-state index contributed by atoms with van der Waals surface area (Å²) in [6.45, 7) is 0. The van der Waals surface area contributed by atoms with E-state index in [0.717, 1.165) is 17.7 Å². The highest BCUT2D eigenvalue weighted by atomic mass is 16.6. The molecule has 0 spiro atoms. The van der Waals surface area contributed by atoms with Crippen LogP contribution in [0.4, 0.5) is 16.2 Å². The summed E-state index contributed by atoms with van der Waals surface area (Å²) >= 11 is 0. The largest absolute Gasteiger partial charge is 0.329 e. The minimum atomic E-state index is -0.555. The van der Waals surface area contributed by atoms with Gasteiger partial charge >= 0.3 is 6.03 Å². The van der Waals surface area contributed by atoms with E-state index in [4.69, 9.17) is 0 Å². The average Bonchev–Trinajstić information content (AvgIpc) is 3.16. The van der Waals surface area contributed by atoms with Crippen LogP contribution in [0, 0.1) is 16.0 Å². The van der Waals surface area contributed by atoms with Gasteiger partial charge in [-0.15, -0.1) is 0 Å². The van der Waals surface area contributed by atoms with E-state index in [9.17, 15) is 19.7 Å². The maximum Gasteiger partial charge on any atom is 0.329 e. The van der Waals surface area contributed by atoms with Crippen LogP contribution >= 0.6 is 0 Å². The van der Waals surface area contributed by atoms with Gasteiger partial charge in [0, 0.05) is 12.1 Å². The molecule has 7 nitrogen and oxygen atoms in total. The van der Waals surface area contributed by atoms with E-state index >= 15 is 0 Å². The van der Waals surface area contributed by atoms with Crippen LogP contribution in [0.1, 0.15) is 12.8 Å². The first-order valence-corrected chi connectivity index (χ1v) is 5.97. The van der Waals surface area contributed by atoms with Crippen molar-refractivity contribution in [3.63, 3.8) is 0 Å². The van der Waals surface area contributed by atoms with Crippen molar-refractivity contribution in [2.75, 3.05) is 4.90 Å². The number of nitro groups is 1. The molecule has 3 amide bonds. The number of urea groups is 1. The number of anilines is 1. The third-order valence-electron chi connectivity index (χ3n) is 3.36. The second kappa shape index (κ2) is 4.04. The number of nitrogens with one attached hydrogen (secondary N) is 1. The molecule has 0 aromatic heterocycles. The number of carbonyl (C=O) groups excluding carboxylic acids is 2. The molecule has 1 aliphatic heterocycles. The predicted molar refractivity (Wildman–Crippen MR) is 65.6 cm³/mol. The molecule has 1 unspecified atom stereocenters. The Morgan fingerprint density at radius 1 is 1.32 bits per heavy atom. The van der Waals surface area contributed by atoms with Crippen molar-refractivity contribution >= 4 is 23.3 Å². The lowest BCUT2D eigenvalue weighted by molar-refractivity contribution is -0.384. The summed E-state index contributed by atoms with van der Waals surface area (Å²) < 4.78 is 0. The molecule has 1 N–H and O–H groups in total. The smallest absolute Gasteiger partial charge is 0.325 e. The van der Waals surface area contributed by atoms with Gasteiger partial charge in [0.2, 0.25) is 0 Å². The number of hydrogen-bond donors (Lipinski definition) is 1. The number of rotatable bonds is 3. The highest BCUT2D eigenvalue weighted by Gasteiger charge is 2.47. The maximum atomic E-state index is 12.2. The molecule has 1 atom stereocenters. The fourth-order valence-corrected chi connectivity index (χ4v) is 2.24. The zero-order valence-electron chi connectivity index (χ0n) is 9.91. The summed E-state index contributed by atoms with van der Waals surface area (Å²) in [6.07, 6.45) is 1.86. The van der Waals surface area contributed by atoms with Crippen molar-refractivity contribution in [3.05, 3.63) is 34.4 Å². The minimum absolute atomic E-state index is 0.145. The molecule has 1 saturated heterocycles. The van der Waals surface area contributed by atoms with E-state index in [2.05, 4.69) is 5.32 Å². The zero-order valence-corrected chi connectivity index (χ0v) is 9.91. The molecule has 2 aliphatic rings. The second-order valence-corrected chi connectivity index (χ2v) is 4.72. The Balaban J connectivity index is 1.92. The van der Waals surface area contributed by atoms with Crippen molar-refractivity contribution in [2.45, 2.75) is 18.9 Å². The van der Waals surface area contributed by atoms with Gasteiger partial charge in [-0.05, 0) is 24.8 Å². The standard InChI is InChI=1S/C12H11N3O4/c16-11-10(7-4-5-7)13-12(17)14(11)8-2-1-3-9(6-8)15(18)19/h1-3,6-7,10H,4-5H2,(H,13,17). The van der Waals surface area contributed by atoms with Crippen LogP contribution in [0.2, 0.25) is 0 Å². The number of amides is 3. The third-order valence-corrected chi connectivity index (χ3v) is 3.36. The minimum Gasteiger partial charge on any atom is -0.325 e. The molecule has 2 fully saturated rings. The van der Waals surface area contributed by atoms with E-state index in [0.29, 0.717) is 0 Å². The van der Waals surface area contributed by atoms with Crippen LogP contribution in [-0.2, 0) is 4.79 Å². The van der Waals surface area contributed by atoms with E-state index in [1.165, 1.54) is 24.3 Å². The van der Waals surface area contributed by atoms with Gasteiger partial charge in [0.15, 0.2) is 0 Å². The zero-order chi connectivity index (χ0) is 13.6. The summed E-state index contributed by atoms with van der Waals surface area (Å²) in [6, 6.07) is 4.53. The van der Waals surface area contributed by atoms with Gasteiger partial charge in [0.05, 0.1) is 10.6 Å². The van der Waals surface area contributed by atoms with Gasteiger partial charge in [-0.2, -0.15) is 0 Å². The van der Waals surface area contributed by atoms with E-state index in [1.54, 1.807) is 0 Å². The Kier molecular flexibility index (Phi) is 2.48. The summed E-state index contributed by atoms with van der Waals surface area (Å²) in [5.74, 6) is -0.117. The Bertz CT molecular complexity index is 582. The first kappa shape index (κ1) is 11.6. The summed E-state index contributed by atoms with van der Waals surface area (Å²) in [7, 11) is 0. The first-order chi connectivity index (χ1) is 9.08. The summed E-state index contributed by atoms with van der Waals surface area (Å²) in [5.41, 5.74) is 0.0906. The van der Waals surface area contributed by atoms with Gasteiger partial charge in [0.1, 0.15) is 6.04 Å². The number of carbonyl (C=O) groups is 2. The van der Waals surface area contributed by atoms with Gasteiger partial charge < -0.3 is 5.32 Å². The normalized spacial score (nSPS) is 22.5. The average molecular weight is 261 g/mol. The summed E-state index contributed by atoms with van der Waals surface area (Å²) in [4.78, 5) is 35.1. The van der Waals surface area contributed by atoms with Crippen LogP contribution in [0.5, 0.6) is 0 Å². The lowest BCUT2D eigenvalue weighted by Crippen LogP contribution is -2.32. The Morgan fingerprint density at radius 3 is 2.68 bits per heavy atom. The Hall–Kier alpha value is -2.44. The third kappa shape index (κ3) is 1.92. The molecule has 19 heavy (non-hydrogen) atoms. The monoisotopic (exact) mass is 261 g/mol. The molecule has 1 heterocycles. The maximum absolute atomic E-state index is 12.2. The van der Waals surface area contributed by atoms with Crippen LogP contribution in [0.15, 0.2) is 24.3 Å². The van der Waals surface area contributed by atoms with Gasteiger partial charge in [-0.3, -0.25) is 14.9 Å². The molecule has 3 rings (SSSR count). The SMILES string of the molecule is O=C1NC(C2CC2)C(=O)N1c1cccc([N+](=O)[O-])c1. The van der Waals surface area contributed by atoms with Gasteiger partial charge in [0.25, 0.3) is 11.6 Å². The number of imide groups is 1. The highest BCUT2D eigenvalue weighted by Crippen LogP contribution is 2.36. The van der Waals surface area contributed by atoms with E-state index in [-0.39, 0.29) is 23.2 Å². The molecule has 98 valence electrons. The van der Waals surface area contributed by atoms with Crippen molar-refractivity contribution in [1.29, 1.82) is 0 Å².